The largest absolute Gasteiger partial charge is 0.497 e. The Balaban J connectivity index is 1.51. The minimum atomic E-state index is -0.369. The van der Waals surface area contributed by atoms with Gasteiger partial charge in [-0.15, -0.1) is 0 Å². The first kappa shape index (κ1) is 23.9. The highest BCUT2D eigenvalue weighted by Crippen LogP contribution is 2.29. The number of nitrogens with one attached hydrogen (secondary N) is 3. The molecule has 1 aliphatic heterocycles. The second kappa shape index (κ2) is 11.3. The van der Waals surface area contributed by atoms with Crippen molar-refractivity contribution in [2.45, 2.75) is 57.9 Å². The van der Waals surface area contributed by atoms with Gasteiger partial charge >= 0.3 is 6.03 Å². The minimum Gasteiger partial charge on any atom is -0.497 e. The van der Waals surface area contributed by atoms with Crippen LogP contribution in [0.2, 0.25) is 0 Å². The zero-order valence-electron chi connectivity index (χ0n) is 20.2. The summed E-state index contributed by atoms with van der Waals surface area (Å²) < 4.78 is 5.22. The molecule has 3 N–H and O–H groups in total. The number of hydrogen-bond acceptors (Lipinski definition) is 4. The van der Waals surface area contributed by atoms with Crippen molar-refractivity contribution in [2.24, 2.45) is 5.92 Å². The molecule has 0 unspecified atom stereocenters. The third-order valence-electron chi connectivity index (χ3n) is 6.89. The minimum absolute atomic E-state index is 0.0580. The molecule has 182 valence electrons. The SMILES string of the molecule is COc1cccc(NC(=O)Nc2ccc(N3CCC(C)CC3)c(C(=O)NC3CCCCC3)c2)c1. The third kappa shape index (κ3) is 6.22. The molecule has 7 heteroatoms. The second-order valence-electron chi connectivity index (χ2n) is 9.52. The van der Waals surface area contributed by atoms with E-state index in [9.17, 15) is 9.59 Å². The van der Waals surface area contributed by atoms with Gasteiger partial charge in [-0.3, -0.25) is 4.79 Å². The van der Waals surface area contributed by atoms with Crippen LogP contribution in [-0.2, 0) is 0 Å². The number of ether oxygens (including phenoxy) is 1. The number of anilines is 3. The summed E-state index contributed by atoms with van der Waals surface area (Å²) in [5.74, 6) is 1.31. The van der Waals surface area contributed by atoms with Gasteiger partial charge in [0.25, 0.3) is 5.91 Å². The van der Waals surface area contributed by atoms with Gasteiger partial charge in [-0.05, 0) is 61.9 Å². The number of methoxy groups -OCH3 is 1. The van der Waals surface area contributed by atoms with Crippen LogP contribution in [0.25, 0.3) is 0 Å². The summed E-state index contributed by atoms with van der Waals surface area (Å²) in [5.41, 5.74) is 2.78. The van der Waals surface area contributed by atoms with Gasteiger partial charge in [-0.2, -0.15) is 0 Å². The van der Waals surface area contributed by atoms with E-state index in [0.29, 0.717) is 28.6 Å². The quantitative estimate of drug-likeness (QED) is 0.517. The van der Waals surface area contributed by atoms with Crippen molar-refractivity contribution in [3.8, 4) is 5.75 Å². The van der Waals surface area contributed by atoms with E-state index in [1.807, 2.05) is 24.3 Å². The fraction of sp³-hybridized carbons (Fsp3) is 0.481. The van der Waals surface area contributed by atoms with E-state index in [1.54, 1.807) is 25.3 Å². The lowest BCUT2D eigenvalue weighted by Gasteiger charge is -2.34. The lowest BCUT2D eigenvalue weighted by molar-refractivity contribution is 0.0928. The lowest BCUT2D eigenvalue weighted by Crippen LogP contribution is -2.38. The summed E-state index contributed by atoms with van der Waals surface area (Å²) in [5, 5.41) is 8.94. The Morgan fingerprint density at radius 1 is 0.912 bits per heavy atom. The molecule has 0 atom stereocenters. The van der Waals surface area contributed by atoms with Crippen molar-refractivity contribution < 1.29 is 14.3 Å². The van der Waals surface area contributed by atoms with Gasteiger partial charge in [0.2, 0.25) is 0 Å². The van der Waals surface area contributed by atoms with Gasteiger partial charge in [-0.25, -0.2) is 4.79 Å². The summed E-state index contributed by atoms with van der Waals surface area (Å²) in [6, 6.07) is 12.7. The average molecular weight is 465 g/mol. The summed E-state index contributed by atoms with van der Waals surface area (Å²) in [4.78, 5) is 28.3. The highest BCUT2D eigenvalue weighted by Gasteiger charge is 2.24. The van der Waals surface area contributed by atoms with Crippen LogP contribution in [0.1, 0.15) is 62.2 Å². The number of carbonyl (C=O) groups excluding carboxylic acids is 2. The monoisotopic (exact) mass is 464 g/mol. The van der Waals surface area contributed by atoms with Gasteiger partial charge in [0, 0.05) is 42.3 Å². The van der Waals surface area contributed by atoms with E-state index in [-0.39, 0.29) is 18.0 Å². The standard InChI is InChI=1S/C27H36N4O3/c1-19-13-15-31(16-14-19)25-12-11-22(18-24(25)26(32)28-20-7-4-3-5-8-20)30-27(33)29-21-9-6-10-23(17-21)34-2/h6,9-12,17-20H,3-5,7-8,13-16H2,1-2H3,(H,28,32)(H2,29,30,33). The maximum absolute atomic E-state index is 13.4. The summed E-state index contributed by atoms with van der Waals surface area (Å²) in [6.45, 7) is 4.16. The molecule has 3 amide bonds. The molecular weight excluding hydrogens is 428 g/mol. The Bertz CT molecular complexity index is 995. The number of hydrogen-bond donors (Lipinski definition) is 3. The van der Waals surface area contributed by atoms with Crippen molar-refractivity contribution in [2.75, 3.05) is 35.7 Å². The van der Waals surface area contributed by atoms with Crippen LogP contribution in [0.15, 0.2) is 42.5 Å². The summed E-state index contributed by atoms with van der Waals surface area (Å²) >= 11 is 0. The second-order valence-corrected chi connectivity index (χ2v) is 9.52. The molecule has 2 aliphatic rings. The Kier molecular flexibility index (Phi) is 7.93. The molecule has 2 aromatic rings. The van der Waals surface area contributed by atoms with Crippen LogP contribution in [0.3, 0.4) is 0 Å². The van der Waals surface area contributed by atoms with E-state index in [1.165, 1.54) is 6.42 Å². The molecule has 4 rings (SSSR count). The predicted molar refractivity (Wildman–Crippen MR) is 137 cm³/mol. The number of rotatable bonds is 6. The zero-order chi connectivity index (χ0) is 23.9. The van der Waals surface area contributed by atoms with Crippen LogP contribution in [0.4, 0.5) is 21.9 Å². The molecule has 0 radical (unpaired) electrons. The smallest absolute Gasteiger partial charge is 0.323 e. The average Bonchev–Trinajstić information content (AvgIpc) is 2.85. The van der Waals surface area contributed by atoms with E-state index in [4.69, 9.17) is 4.74 Å². The first-order valence-corrected chi connectivity index (χ1v) is 12.4. The van der Waals surface area contributed by atoms with Crippen molar-refractivity contribution >= 4 is 29.0 Å². The van der Waals surface area contributed by atoms with Crippen LogP contribution in [0, 0.1) is 5.92 Å². The number of carbonyl (C=O) groups is 2. The highest BCUT2D eigenvalue weighted by atomic mass is 16.5. The van der Waals surface area contributed by atoms with E-state index in [2.05, 4.69) is 27.8 Å². The van der Waals surface area contributed by atoms with Crippen molar-refractivity contribution in [1.82, 2.24) is 5.32 Å². The fourth-order valence-electron chi connectivity index (χ4n) is 4.83. The topological polar surface area (TPSA) is 82.7 Å². The molecule has 34 heavy (non-hydrogen) atoms. The van der Waals surface area contributed by atoms with Crippen LogP contribution < -0.4 is 25.6 Å². The maximum Gasteiger partial charge on any atom is 0.323 e. The Morgan fingerprint density at radius 2 is 1.62 bits per heavy atom. The molecule has 0 aromatic heterocycles. The van der Waals surface area contributed by atoms with E-state index >= 15 is 0 Å². The molecule has 1 saturated heterocycles. The predicted octanol–water partition coefficient (Wildman–Crippen LogP) is 5.64. The molecule has 0 spiro atoms. The third-order valence-corrected chi connectivity index (χ3v) is 6.89. The number of nitrogens with zero attached hydrogens (tertiary/aromatic N) is 1. The van der Waals surface area contributed by atoms with Gasteiger partial charge in [0.15, 0.2) is 0 Å². The molecular formula is C27H36N4O3. The summed E-state index contributed by atoms with van der Waals surface area (Å²) in [7, 11) is 1.59. The van der Waals surface area contributed by atoms with Crippen LogP contribution in [0.5, 0.6) is 5.75 Å². The molecule has 0 bridgehead atoms. The zero-order valence-corrected chi connectivity index (χ0v) is 20.2. The Morgan fingerprint density at radius 3 is 2.32 bits per heavy atom. The summed E-state index contributed by atoms with van der Waals surface area (Å²) in [6.07, 6.45) is 7.86. The molecule has 1 heterocycles. The molecule has 2 fully saturated rings. The molecule has 7 nitrogen and oxygen atoms in total. The molecule has 2 aromatic carbocycles. The van der Waals surface area contributed by atoms with Gasteiger partial charge < -0.3 is 25.6 Å². The normalized spacial score (nSPS) is 17.2. The van der Waals surface area contributed by atoms with Crippen molar-refractivity contribution in [1.29, 1.82) is 0 Å². The first-order chi connectivity index (χ1) is 16.5. The van der Waals surface area contributed by atoms with E-state index in [0.717, 1.165) is 57.3 Å². The fourth-order valence-corrected chi connectivity index (χ4v) is 4.83. The van der Waals surface area contributed by atoms with Gasteiger partial charge in [0.05, 0.1) is 12.7 Å². The number of urea groups is 1. The number of piperidine rings is 1. The van der Waals surface area contributed by atoms with Gasteiger partial charge in [-0.1, -0.05) is 32.3 Å². The van der Waals surface area contributed by atoms with Crippen molar-refractivity contribution in [3.63, 3.8) is 0 Å². The van der Waals surface area contributed by atoms with Gasteiger partial charge in [0.1, 0.15) is 5.75 Å². The molecule has 1 saturated carbocycles. The highest BCUT2D eigenvalue weighted by molar-refractivity contribution is 6.04. The Labute approximate surface area is 202 Å². The van der Waals surface area contributed by atoms with Crippen LogP contribution in [-0.4, -0.2) is 38.2 Å². The van der Waals surface area contributed by atoms with Crippen LogP contribution >= 0.6 is 0 Å². The van der Waals surface area contributed by atoms with E-state index < -0.39 is 0 Å². The van der Waals surface area contributed by atoms with Crippen molar-refractivity contribution in [3.05, 3.63) is 48.0 Å². The number of benzene rings is 2. The first-order valence-electron chi connectivity index (χ1n) is 12.4. The maximum atomic E-state index is 13.4. The number of amides is 3. The molecule has 1 aliphatic carbocycles. The lowest BCUT2D eigenvalue weighted by atomic mass is 9.95. The Hall–Kier alpha value is -3.22.